The Kier molecular flexibility index (Phi) is 7.98. The summed E-state index contributed by atoms with van der Waals surface area (Å²) in [7, 11) is 3.96. The summed E-state index contributed by atoms with van der Waals surface area (Å²) in [5.41, 5.74) is 0. The van der Waals surface area contributed by atoms with Gasteiger partial charge in [-0.2, -0.15) is 0 Å². The van der Waals surface area contributed by atoms with E-state index in [9.17, 15) is 10.1 Å². The Hall–Kier alpha value is -0.860. The fraction of sp³-hybridized carbons (Fsp3) is 0.923. The first kappa shape index (κ1) is 18.2. The molecule has 1 fully saturated rings. The third-order valence-corrected chi connectivity index (χ3v) is 4.53. The van der Waals surface area contributed by atoms with E-state index in [1.165, 1.54) is 11.8 Å². The molecule has 1 rings (SSSR count). The lowest BCUT2D eigenvalue weighted by Crippen LogP contribution is -2.32. The van der Waals surface area contributed by atoms with Crippen LogP contribution in [0.1, 0.15) is 13.3 Å². The number of ether oxygens (including phenoxy) is 1. The molecule has 7 nitrogen and oxygen atoms in total. The lowest BCUT2D eigenvalue weighted by molar-refractivity contribution is -0.485. The highest BCUT2D eigenvalue weighted by Gasteiger charge is 2.25. The minimum atomic E-state index is -0.643. The molecule has 0 radical (unpaired) electrons. The molecule has 1 heterocycles. The molecular weight excluding hydrogens is 292 g/mol. The van der Waals surface area contributed by atoms with Gasteiger partial charge in [-0.3, -0.25) is 0 Å². The van der Waals surface area contributed by atoms with E-state index in [-0.39, 0.29) is 0 Å². The average molecular weight is 318 g/mol. The second kappa shape index (κ2) is 9.22. The number of nitro groups is 1. The first-order valence-electron chi connectivity index (χ1n) is 7.18. The van der Waals surface area contributed by atoms with Crippen molar-refractivity contribution < 1.29 is 9.77 Å². The summed E-state index contributed by atoms with van der Waals surface area (Å²) in [5, 5.41) is 13.6. The molecule has 8 heteroatoms. The molecule has 1 saturated heterocycles. The van der Waals surface area contributed by atoms with Crippen molar-refractivity contribution in [3.8, 4) is 0 Å². The van der Waals surface area contributed by atoms with Crippen molar-refractivity contribution in [3.05, 3.63) is 10.1 Å². The molecule has 0 bridgehead atoms. The van der Waals surface area contributed by atoms with E-state index in [0.717, 1.165) is 39.3 Å². The molecular formula is C13H26N4O3S. The summed E-state index contributed by atoms with van der Waals surface area (Å²) in [4.78, 5) is 14.6. The number of hydrazone groups is 1. The van der Waals surface area contributed by atoms with Crippen LogP contribution in [0.15, 0.2) is 5.10 Å². The number of thioether (sulfide) groups is 1. The Morgan fingerprint density at radius 2 is 2.14 bits per heavy atom. The van der Waals surface area contributed by atoms with Crippen LogP contribution in [0, 0.1) is 22.0 Å². The maximum Gasteiger partial charge on any atom is 0.237 e. The van der Waals surface area contributed by atoms with Crippen LogP contribution < -0.4 is 0 Å². The third-order valence-electron chi connectivity index (χ3n) is 3.77. The van der Waals surface area contributed by atoms with Gasteiger partial charge in [-0.25, -0.2) is 10.1 Å². The van der Waals surface area contributed by atoms with E-state index in [4.69, 9.17) is 4.74 Å². The van der Waals surface area contributed by atoms with Gasteiger partial charge >= 0.3 is 0 Å². The molecule has 0 aromatic carbocycles. The first-order valence-corrected chi connectivity index (χ1v) is 8.41. The summed E-state index contributed by atoms with van der Waals surface area (Å²) >= 11 is 1.30. The zero-order chi connectivity index (χ0) is 15.8. The van der Waals surface area contributed by atoms with E-state index in [0.29, 0.717) is 17.0 Å². The summed E-state index contributed by atoms with van der Waals surface area (Å²) in [6, 6.07) is 0. The number of hydrogen-bond acceptors (Lipinski definition) is 5. The molecule has 0 N–H and O–H groups in total. The largest absolute Gasteiger partial charge is 0.381 e. The van der Waals surface area contributed by atoms with Crippen molar-refractivity contribution in [1.82, 2.24) is 9.80 Å². The van der Waals surface area contributed by atoms with Crippen molar-refractivity contribution in [2.75, 3.05) is 53.2 Å². The van der Waals surface area contributed by atoms with Gasteiger partial charge in [0.15, 0.2) is 5.03 Å². The van der Waals surface area contributed by atoms with Crippen LogP contribution in [0.25, 0.3) is 0 Å². The van der Waals surface area contributed by atoms with Crippen molar-refractivity contribution in [3.63, 3.8) is 0 Å². The number of nitrogens with zero attached hydrogens (tertiary/aromatic N) is 4. The number of hydrogen-bond donors (Lipinski definition) is 0. The predicted octanol–water partition coefficient (Wildman–Crippen LogP) is 1.43. The highest BCUT2D eigenvalue weighted by atomic mass is 32.2. The molecule has 0 aromatic heterocycles. The van der Waals surface area contributed by atoms with Crippen LogP contribution in [0.5, 0.6) is 0 Å². The molecule has 122 valence electrons. The van der Waals surface area contributed by atoms with Gasteiger partial charge in [0.05, 0.1) is 11.7 Å². The fourth-order valence-electron chi connectivity index (χ4n) is 2.45. The van der Waals surface area contributed by atoms with Crippen molar-refractivity contribution in [2.24, 2.45) is 16.9 Å². The zero-order valence-electron chi connectivity index (χ0n) is 13.3. The quantitative estimate of drug-likeness (QED) is 0.306. The van der Waals surface area contributed by atoms with E-state index in [1.54, 1.807) is 6.26 Å². The standard InChI is InChI=1S/C13H26N4O3S/c1-11-9-20-10-12(11)8-15(2)6-5-7-16(3)13(21-4)14-17(18)19/h11-12H,5-10H2,1-4H3. The van der Waals surface area contributed by atoms with Gasteiger partial charge in [0.25, 0.3) is 0 Å². The topological polar surface area (TPSA) is 71.2 Å². The lowest BCUT2D eigenvalue weighted by Gasteiger charge is -2.24. The van der Waals surface area contributed by atoms with Gasteiger partial charge in [0, 0.05) is 26.7 Å². The van der Waals surface area contributed by atoms with Crippen molar-refractivity contribution >= 4 is 16.9 Å². The molecule has 0 spiro atoms. The Balaban J connectivity index is 2.27. The summed E-state index contributed by atoms with van der Waals surface area (Å²) in [6.07, 6.45) is 2.75. The maximum atomic E-state index is 10.4. The van der Waals surface area contributed by atoms with Gasteiger partial charge in [0.1, 0.15) is 0 Å². The van der Waals surface area contributed by atoms with Crippen LogP contribution in [0.3, 0.4) is 0 Å². The molecule has 0 aromatic rings. The molecule has 21 heavy (non-hydrogen) atoms. The summed E-state index contributed by atoms with van der Waals surface area (Å²) in [5.74, 6) is 1.25. The predicted molar refractivity (Wildman–Crippen MR) is 86.2 cm³/mol. The monoisotopic (exact) mass is 318 g/mol. The van der Waals surface area contributed by atoms with Crippen LogP contribution in [-0.4, -0.2) is 73.2 Å². The lowest BCUT2D eigenvalue weighted by atomic mass is 9.98. The van der Waals surface area contributed by atoms with E-state index < -0.39 is 5.03 Å². The Bertz CT molecular complexity index is 367. The van der Waals surface area contributed by atoms with Gasteiger partial charge in [-0.15, -0.1) is 0 Å². The first-order chi connectivity index (χ1) is 9.93. The van der Waals surface area contributed by atoms with Gasteiger partial charge in [-0.1, -0.05) is 18.7 Å². The third kappa shape index (κ3) is 6.62. The number of amidine groups is 1. The smallest absolute Gasteiger partial charge is 0.237 e. The second-order valence-corrected chi connectivity index (χ2v) is 6.41. The normalized spacial score (nSPS) is 22.8. The van der Waals surface area contributed by atoms with Gasteiger partial charge in [0.2, 0.25) is 5.17 Å². The van der Waals surface area contributed by atoms with E-state index in [2.05, 4.69) is 24.0 Å². The van der Waals surface area contributed by atoms with Crippen LogP contribution >= 0.6 is 11.8 Å². The highest BCUT2D eigenvalue weighted by Crippen LogP contribution is 2.20. The van der Waals surface area contributed by atoms with Crippen molar-refractivity contribution in [1.29, 1.82) is 0 Å². The van der Waals surface area contributed by atoms with Crippen LogP contribution in [0.4, 0.5) is 0 Å². The van der Waals surface area contributed by atoms with Gasteiger partial charge < -0.3 is 14.5 Å². The Morgan fingerprint density at radius 1 is 1.43 bits per heavy atom. The Labute approximate surface area is 130 Å². The molecule has 0 saturated carbocycles. The average Bonchev–Trinajstić information content (AvgIpc) is 2.81. The molecule has 2 atom stereocenters. The SMILES string of the molecule is CSC(=N[N+](=O)[O-])N(C)CCCN(C)CC1COCC1C. The molecule has 2 unspecified atom stereocenters. The molecule has 1 aliphatic heterocycles. The fourth-order valence-corrected chi connectivity index (χ4v) is 3.00. The summed E-state index contributed by atoms with van der Waals surface area (Å²) in [6.45, 7) is 6.73. The van der Waals surface area contributed by atoms with Crippen molar-refractivity contribution in [2.45, 2.75) is 13.3 Å². The zero-order valence-corrected chi connectivity index (χ0v) is 14.1. The highest BCUT2D eigenvalue weighted by molar-refractivity contribution is 8.13. The van der Waals surface area contributed by atoms with Gasteiger partial charge in [-0.05, 0) is 38.1 Å². The minimum absolute atomic E-state index is 0.445. The van der Waals surface area contributed by atoms with Crippen LogP contribution in [0.2, 0.25) is 0 Å². The molecule has 1 aliphatic rings. The van der Waals surface area contributed by atoms with E-state index in [1.807, 2.05) is 11.9 Å². The maximum absolute atomic E-state index is 10.4. The number of rotatable bonds is 7. The summed E-state index contributed by atoms with van der Waals surface area (Å²) < 4.78 is 5.48. The molecule has 0 aliphatic carbocycles. The second-order valence-electron chi connectivity index (χ2n) is 5.64. The van der Waals surface area contributed by atoms with E-state index >= 15 is 0 Å². The Morgan fingerprint density at radius 3 is 2.67 bits per heavy atom. The van der Waals surface area contributed by atoms with Crippen LogP contribution in [-0.2, 0) is 4.74 Å². The minimum Gasteiger partial charge on any atom is -0.381 e. The molecule has 0 amide bonds.